The van der Waals surface area contributed by atoms with Crippen molar-refractivity contribution < 1.29 is 23.8 Å². The number of amides is 1. The van der Waals surface area contributed by atoms with E-state index in [1.807, 2.05) is 19.1 Å². The molecule has 2 rings (SSSR count). The number of hydrogen-bond acceptors (Lipinski definition) is 5. The van der Waals surface area contributed by atoms with Gasteiger partial charge < -0.3 is 19.5 Å². The molecule has 2 aromatic carbocycles. The number of nitrogens with one attached hydrogen (secondary N) is 1. The number of ether oxygens (including phenoxy) is 3. The lowest BCUT2D eigenvalue weighted by Crippen LogP contribution is -2.30. The SMILES string of the molecule is COc1ccc(/C=C/C(=O)OCC(=O)N[C@H](C)c2ccc(Cl)cc2)c(OC)c1. The Labute approximate surface area is 169 Å². The van der Waals surface area contributed by atoms with Gasteiger partial charge in [0.1, 0.15) is 11.5 Å². The van der Waals surface area contributed by atoms with Crippen LogP contribution in [0.4, 0.5) is 0 Å². The largest absolute Gasteiger partial charge is 0.497 e. The quantitative estimate of drug-likeness (QED) is 0.536. The maximum absolute atomic E-state index is 12.0. The zero-order valence-electron chi connectivity index (χ0n) is 15.9. The summed E-state index contributed by atoms with van der Waals surface area (Å²) in [7, 11) is 3.08. The van der Waals surface area contributed by atoms with Crippen LogP contribution in [-0.4, -0.2) is 32.7 Å². The van der Waals surface area contributed by atoms with Gasteiger partial charge in [0.05, 0.1) is 20.3 Å². The number of methoxy groups -OCH3 is 2. The smallest absolute Gasteiger partial charge is 0.331 e. The minimum Gasteiger partial charge on any atom is -0.497 e. The molecule has 0 fully saturated rings. The van der Waals surface area contributed by atoms with Crippen molar-refractivity contribution in [3.63, 3.8) is 0 Å². The van der Waals surface area contributed by atoms with Crippen LogP contribution in [0.2, 0.25) is 5.02 Å². The minimum atomic E-state index is -0.632. The number of halogens is 1. The molecule has 0 aliphatic heterocycles. The number of rotatable bonds is 8. The fourth-order valence-corrected chi connectivity index (χ4v) is 2.54. The number of hydrogen-bond donors (Lipinski definition) is 1. The van der Waals surface area contributed by atoms with E-state index in [1.165, 1.54) is 13.2 Å². The molecule has 2 aromatic rings. The van der Waals surface area contributed by atoms with Gasteiger partial charge in [0, 0.05) is 22.7 Å². The summed E-state index contributed by atoms with van der Waals surface area (Å²) in [6.45, 7) is 1.46. The molecule has 0 aromatic heterocycles. The number of benzene rings is 2. The summed E-state index contributed by atoms with van der Waals surface area (Å²) in [5.74, 6) is 0.166. The first kappa shape index (κ1) is 21.3. The van der Waals surface area contributed by atoms with E-state index in [0.29, 0.717) is 22.1 Å². The summed E-state index contributed by atoms with van der Waals surface area (Å²) in [6, 6.07) is 12.1. The second-order valence-corrected chi connectivity index (χ2v) is 6.33. The van der Waals surface area contributed by atoms with Gasteiger partial charge in [-0.25, -0.2) is 4.79 Å². The fraction of sp³-hybridized carbons (Fsp3) is 0.238. The van der Waals surface area contributed by atoms with E-state index < -0.39 is 11.9 Å². The summed E-state index contributed by atoms with van der Waals surface area (Å²) in [5.41, 5.74) is 1.58. The van der Waals surface area contributed by atoms with Crippen molar-refractivity contribution in [1.29, 1.82) is 0 Å². The predicted molar refractivity (Wildman–Crippen MR) is 108 cm³/mol. The second-order valence-electron chi connectivity index (χ2n) is 5.89. The van der Waals surface area contributed by atoms with E-state index in [1.54, 1.807) is 43.5 Å². The number of carbonyl (C=O) groups excluding carboxylic acids is 2. The first-order valence-electron chi connectivity index (χ1n) is 8.54. The first-order valence-corrected chi connectivity index (χ1v) is 8.92. The number of carbonyl (C=O) groups is 2. The van der Waals surface area contributed by atoms with Crippen molar-refractivity contribution in [1.82, 2.24) is 5.32 Å². The maximum atomic E-state index is 12.0. The molecule has 0 saturated heterocycles. The number of esters is 1. The van der Waals surface area contributed by atoms with E-state index in [4.69, 9.17) is 25.8 Å². The molecule has 0 spiro atoms. The Morgan fingerprint density at radius 3 is 2.46 bits per heavy atom. The molecule has 1 amide bonds. The minimum absolute atomic E-state index is 0.234. The summed E-state index contributed by atoms with van der Waals surface area (Å²) >= 11 is 5.85. The third-order valence-electron chi connectivity index (χ3n) is 3.93. The van der Waals surface area contributed by atoms with Gasteiger partial charge in [-0.3, -0.25) is 4.79 Å². The molecule has 7 heteroatoms. The molecule has 1 atom stereocenters. The average molecular weight is 404 g/mol. The van der Waals surface area contributed by atoms with E-state index in [0.717, 1.165) is 5.56 Å². The Morgan fingerprint density at radius 1 is 1.11 bits per heavy atom. The molecule has 1 N–H and O–H groups in total. The molecule has 0 unspecified atom stereocenters. The molecular weight excluding hydrogens is 382 g/mol. The molecule has 0 radical (unpaired) electrons. The molecule has 0 aliphatic carbocycles. The molecule has 0 aliphatic rings. The van der Waals surface area contributed by atoms with Gasteiger partial charge in [0.25, 0.3) is 5.91 Å². The lowest BCUT2D eigenvalue weighted by Gasteiger charge is -2.14. The molecule has 0 heterocycles. The van der Waals surface area contributed by atoms with Gasteiger partial charge >= 0.3 is 5.97 Å². The van der Waals surface area contributed by atoms with Crippen molar-refractivity contribution >= 4 is 29.6 Å². The Hall–Kier alpha value is -2.99. The molecular formula is C21H22ClNO5. The van der Waals surface area contributed by atoms with E-state index in [9.17, 15) is 9.59 Å². The van der Waals surface area contributed by atoms with E-state index in [-0.39, 0.29) is 12.6 Å². The van der Waals surface area contributed by atoms with Crippen LogP contribution >= 0.6 is 11.6 Å². The van der Waals surface area contributed by atoms with Crippen molar-refractivity contribution in [2.24, 2.45) is 0 Å². The fourth-order valence-electron chi connectivity index (χ4n) is 2.42. The van der Waals surface area contributed by atoms with Crippen LogP contribution in [0, 0.1) is 0 Å². The van der Waals surface area contributed by atoms with Crippen molar-refractivity contribution in [2.45, 2.75) is 13.0 Å². The molecule has 0 bridgehead atoms. The molecule has 6 nitrogen and oxygen atoms in total. The Balaban J connectivity index is 1.85. The molecule has 148 valence electrons. The zero-order valence-corrected chi connectivity index (χ0v) is 16.7. The van der Waals surface area contributed by atoms with Crippen LogP contribution in [0.25, 0.3) is 6.08 Å². The Morgan fingerprint density at radius 2 is 1.82 bits per heavy atom. The van der Waals surface area contributed by atoms with Crippen LogP contribution in [0.1, 0.15) is 24.1 Å². The van der Waals surface area contributed by atoms with Crippen LogP contribution in [-0.2, 0) is 14.3 Å². The molecule has 0 saturated carbocycles. The lowest BCUT2D eigenvalue weighted by atomic mass is 10.1. The summed E-state index contributed by atoms with van der Waals surface area (Å²) in [5, 5.41) is 3.38. The molecule has 28 heavy (non-hydrogen) atoms. The van der Waals surface area contributed by atoms with Crippen molar-refractivity contribution in [2.75, 3.05) is 20.8 Å². The van der Waals surface area contributed by atoms with Crippen LogP contribution in [0.15, 0.2) is 48.5 Å². The van der Waals surface area contributed by atoms with Crippen molar-refractivity contribution in [3.05, 3.63) is 64.7 Å². The van der Waals surface area contributed by atoms with Gasteiger partial charge in [0.15, 0.2) is 6.61 Å². The Kier molecular flexibility index (Phi) is 7.89. The highest BCUT2D eigenvalue weighted by atomic mass is 35.5. The normalized spacial score (nSPS) is 11.7. The lowest BCUT2D eigenvalue weighted by molar-refractivity contribution is -0.144. The van der Waals surface area contributed by atoms with Gasteiger partial charge in [-0.2, -0.15) is 0 Å². The third kappa shape index (κ3) is 6.32. The zero-order chi connectivity index (χ0) is 20.5. The maximum Gasteiger partial charge on any atom is 0.331 e. The van der Waals surface area contributed by atoms with Crippen molar-refractivity contribution in [3.8, 4) is 11.5 Å². The van der Waals surface area contributed by atoms with Gasteiger partial charge in [-0.1, -0.05) is 23.7 Å². The van der Waals surface area contributed by atoms with Crippen LogP contribution < -0.4 is 14.8 Å². The third-order valence-corrected chi connectivity index (χ3v) is 4.18. The predicted octanol–water partition coefficient (Wildman–Crippen LogP) is 3.79. The van der Waals surface area contributed by atoms with Gasteiger partial charge in [-0.05, 0) is 42.8 Å². The highest BCUT2D eigenvalue weighted by molar-refractivity contribution is 6.30. The standard InChI is InChI=1S/C21H22ClNO5/c1-14(15-4-8-17(22)9-5-15)23-20(24)13-28-21(25)11-7-16-6-10-18(26-2)12-19(16)27-3/h4-12,14H,13H2,1-3H3,(H,23,24)/b11-7+/t14-/m1/s1. The van der Waals surface area contributed by atoms with E-state index >= 15 is 0 Å². The Bertz CT molecular complexity index is 848. The summed E-state index contributed by atoms with van der Waals surface area (Å²) in [6.07, 6.45) is 2.79. The highest BCUT2D eigenvalue weighted by Gasteiger charge is 2.11. The highest BCUT2D eigenvalue weighted by Crippen LogP contribution is 2.25. The van der Waals surface area contributed by atoms with E-state index in [2.05, 4.69) is 5.32 Å². The second kappa shape index (κ2) is 10.4. The summed E-state index contributed by atoms with van der Waals surface area (Å²) in [4.78, 5) is 23.8. The van der Waals surface area contributed by atoms with Gasteiger partial charge in [-0.15, -0.1) is 0 Å². The van der Waals surface area contributed by atoms with Crippen LogP contribution in [0.3, 0.4) is 0 Å². The van der Waals surface area contributed by atoms with Crippen LogP contribution in [0.5, 0.6) is 11.5 Å². The van der Waals surface area contributed by atoms with Gasteiger partial charge in [0.2, 0.25) is 0 Å². The first-order chi connectivity index (χ1) is 13.4. The summed E-state index contributed by atoms with van der Waals surface area (Å²) < 4.78 is 15.4. The average Bonchev–Trinajstić information content (AvgIpc) is 2.70. The monoisotopic (exact) mass is 403 g/mol. The topological polar surface area (TPSA) is 73.9 Å².